The summed E-state index contributed by atoms with van der Waals surface area (Å²) in [6.07, 6.45) is -3.50. The number of alkyl halides is 3. The van der Waals surface area contributed by atoms with E-state index in [0.29, 0.717) is 38.0 Å². The van der Waals surface area contributed by atoms with Crippen molar-refractivity contribution in [1.29, 1.82) is 0 Å². The van der Waals surface area contributed by atoms with Gasteiger partial charge in [0.05, 0.1) is 5.56 Å². The molecule has 1 saturated heterocycles. The van der Waals surface area contributed by atoms with Crippen LogP contribution >= 0.6 is 0 Å². The molecule has 0 saturated carbocycles. The lowest BCUT2D eigenvalue weighted by molar-refractivity contribution is -0.141. The number of hydrogen-bond acceptors (Lipinski definition) is 4. The zero-order chi connectivity index (χ0) is 14.3. The molecular formula is C13H14F3N3O. The Morgan fingerprint density at radius 1 is 1.35 bits per heavy atom. The first-order chi connectivity index (χ1) is 9.47. The maximum absolute atomic E-state index is 12.8. The van der Waals surface area contributed by atoms with Crippen LogP contribution in [0.25, 0.3) is 0 Å². The number of pyridine rings is 1. The molecule has 3 rings (SSSR count). The van der Waals surface area contributed by atoms with E-state index in [1.165, 1.54) is 6.07 Å². The maximum Gasteiger partial charge on any atom is 0.433 e. The van der Waals surface area contributed by atoms with E-state index in [1.807, 2.05) is 4.90 Å². The standard InChI is InChI=1S/C13H14F3N3O/c14-13(15,16)11-4-2-9-10(20)3-1-8-7-17-5-6-19(8)12(9)18-11/h2,4,8,17H,1,3,5-7H2. The zero-order valence-electron chi connectivity index (χ0n) is 10.7. The molecule has 1 N–H and O–H groups in total. The molecule has 2 aliphatic rings. The lowest BCUT2D eigenvalue weighted by Gasteiger charge is -2.36. The van der Waals surface area contributed by atoms with Crippen LogP contribution in [0.1, 0.15) is 28.9 Å². The summed E-state index contributed by atoms with van der Waals surface area (Å²) >= 11 is 0. The number of Topliss-reactive ketones (excluding diaryl/α,β-unsaturated/α-hetero) is 1. The maximum atomic E-state index is 12.8. The van der Waals surface area contributed by atoms with Crippen molar-refractivity contribution in [2.75, 3.05) is 24.5 Å². The summed E-state index contributed by atoms with van der Waals surface area (Å²) in [5.41, 5.74) is -0.634. The SMILES string of the molecule is O=C1CCC2CNCCN2c2nc(C(F)(F)F)ccc21. The number of aromatic nitrogens is 1. The van der Waals surface area contributed by atoms with E-state index in [0.717, 1.165) is 6.07 Å². The number of rotatable bonds is 0. The number of piperazine rings is 1. The number of nitrogens with one attached hydrogen (secondary N) is 1. The van der Waals surface area contributed by atoms with Gasteiger partial charge in [0, 0.05) is 32.1 Å². The molecule has 0 radical (unpaired) electrons. The lowest BCUT2D eigenvalue weighted by atomic mass is 10.1. The molecule has 1 unspecified atom stereocenters. The van der Waals surface area contributed by atoms with Crippen LogP contribution in [0.3, 0.4) is 0 Å². The predicted molar refractivity (Wildman–Crippen MR) is 66.8 cm³/mol. The molecule has 7 heteroatoms. The third-order valence-corrected chi connectivity index (χ3v) is 3.79. The highest BCUT2D eigenvalue weighted by atomic mass is 19.4. The Labute approximate surface area is 114 Å². The van der Waals surface area contributed by atoms with Crippen LogP contribution in [0.5, 0.6) is 0 Å². The summed E-state index contributed by atoms with van der Waals surface area (Å²) < 4.78 is 38.4. The van der Waals surface area contributed by atoms with E-state index in [2.05, 4.69) is 10.3 Å². The molecule has 0 bridgehead atoms. The Balaban J connectivity index is 2.09. The Morgan fingerprint density at radius 3 is 2.90 bits per heavy atom. The Morgan fingerprint density at radius 2 is 2.15 bits per heavy atom. The van der Waals surface area contributed by atoms with Gasteiger partial charge in [0.2, 0.25) is 0 Å². The third-order valence-electron chi connectivity index (χ3n) is 3.79. The number of hydrogen-bond donors (Lipinski definition) is 1. The molecule has 1 aromatic rings. The van der Waals surface area contributed by atoms with Gasteiger partial charge in [-0.15, -0.1) is 0 Å². The Kier molecular flexibility index (Phi) is 3.16. The molecule has 0 aliphatic carbocycles. The number of nitrogens with zero attached hydrogens (tertiary/aromatic N) is 2. The van der Waals surface area contributed by atoms with Gasteiger partial charge < -0.3 is 10.2 Å². The van der Waals surface area contributed by atoms with Crippen molar-refractivity contribution in [3.05, 3.63) is 23.4 Å². The van der Waals surface area contributed by atoms with Crippen LogP contribution in [-0.4, -0.2) is 36.4 Å². The summed E-state index contributed by atoms with van der Waals surface area (Å²) in [5.74, 6) is 0.0597. The van der Waals surface area contributed by atoms with Gasteiger partial charge in [0.15, 0.2) is 5.78 Å². The summed E-state index contributed by atoms with van der Waals surface area (Å²) in [6.45, 7) is 1.92. The number of anilines is 1. The largest absolute Gasteiger partial charge is 0.433 e. The Hall–Kier alpha value is -1.63. The van der Waals surface area contributed by atoms with Gasteiger partial charge in [0.1, 0.15) is 11.5 Å². The number of fused-ring (bicyclic) bond motifs is 3. The molecule has 2 aliphatic heterocycles. The van der Waals surface area contributed by atoms with Gasteiger partial charge in [-0.1, -0.05) is 0 Å². The molecule has 20 heavy (non-hydrogen) atoms. The molecule has 1 atom stereocenters. The van der Waals surface area contributed by atoms with E-state index in [1.54, 1.807) is 0 Å². The average molecular weight is 285 g/mol. The fourth-order valence-electron chi connectivity index (χ4n) is 2.77. The molecule has 3 heterocycles. The minimum absolute atomic E-state index is 0.0323. The van der Waals surface area contributed by atoms with E-state index in [9.17, 15) is 18.0 Å². The molecule has 0 aromatic carbocycles. The van der Waals surface area contributed by atoms with Gasteiger partial charge in [-0.05, 0) is 18.6 Å². The first-order valence-corrected chi connectivity index (χ1v) is 6.55. The van der Waals surface area contributed by atoms with Crippen LogP contribution in [0.15, 0.2) is 12.1 Å². The molecule has 1 fully saturated rings. The Bertz CT molecular complexity index is 544. The highest BCUT2D eigenvalue weighted by Crippen LogP contribution is 2.34. The van der Waals surface area contributed by atoms with E-state index >= 15 is 0 Å². The summed E-state index contributed by atoms with van der Waals surface area (Å²) in [6, 6.07) is 2.18. The first kappa shape index (κ1) is 13.4. The van der Waals surface area contributed by atoms with Crippen molar-refractivity contribution >= 4 is 11.6 Å². The van der Waals surface area contributed by atoms with Gasteiger partial charge >= 0.3 is 6.18 Å². The van der Waals surface area contributed by atoms with Crippen LogP contribution in [0, 0.1) is 0 Å². The minimum atomic E-state index is -4.49. The monoisotopic (exact) mass is 285 g/mol. The van der Waals surface area contributed by atoms with E-state index in [4.69, 9.17) is 0 Å². The lowest BCUT2D eigenvalue weighted by Crippen LogP contribution is -2.51. The fourth-order valence-corrected chi connectivity index (χ4v) is 2.77. The molecule has 108 valence electrons. The molecule has 1 aromatic heterocycles. The number of ketones is 1. The predicted octanol–water partition coefficient (Wildman–Crippen LogP) is 1.86. The second-order valence-corrected chi connectivity index (χ2v) is 5.08. The van der Waals surface area contributed by atoms with Crippen molar-refractivity contribution in [3.63, 3.8) is 0 Å². The quantitative estimate of drug-likeness (QED) is 0.790. The van der Waals surface area contributed by atoms with E-state index in [-0.39, 0.29) is 17.6 Å². The molecular weight excluding hydrogens is 271 g/mol. The van der Waals surface area contributed by atoms with Gasteiger partial charge in [-0.3, -0.25) is 4.79 Å². The molecule has 4 nitrogen and oxygen atoms in total. The second kappa shape index (κ2) is 4.73. The van der Waals surface area contributed by atoms with Crippen LogP contribution < -0.4 is 10.2 Å². The van der Waals surface area contributed by atoms with Crippen LogP contribution in [-0.2, 0) is 6.18 Å². The molecule has 0 spiro atoms. The van der Waals surface area contributed by atoms with Gasteiger partial charge in [-0.25, -0.2) is 4.98 Å². The number of carbonyl (C=O) groups is 1. The van der Waals surface area contributed by atoms with Crippen molar-refractivity contribution in [2.45, 2.75) is 25.1 Å². The first-order valence-electron chi connectivity index (χ1n) is 6.55. The summed E-state index contributed by atoms with van der Waals surface area (Å²) in [5, 5.41) is 3.20. The fraction of sp³-hybridized carbons (Fsp3) is 0.538. The van der Waals surface area contributed by atoms with Crippen molar-refractivity contribution < 1.29 is 18.0 Å². The van der Waals surface area contributed by atoms with Crippen LogP contribution in [0.2, 0.25) is 0 Å². The van der Waals surface area contributed by atoms with Gasteiger partial charge in [0.25, 0.3) is 0 Å². The van der Waals surface area contributed by atoms with E-state index < -0.39 is 11.9 Å². The highest BCUT2D eigenvalue weighted by Gasteiger charge is 2.36. The third kappa shape index (κ3) is 2.26. The average Bonchev–Trinajstić information content (AvgIpc) is 2.56. The number of halogens is 3. The minimum Gasteiger partial charge on any atom is -0.350 e. The summed E-state index contributed by atoms with van der Waals surface area (Å²) in [7, 11) is 0. The highest BCUT2D eigenvalue weighted by molar-refractivity contribution is 6.01. The summed E-state index contributed by atoms with van der Waals surface area (Å²) in [4.78, 5) is 17.6. The second-order valence-electron chi connectivity index (χ2n) is 5.08. The number of carbonyl (C=O) groups excluding carboxylic acids is 1. The van der Waals surface area contributed by atoms with Gasteiger partial charge in [-0.2, -0.15) is 13.2 Å². The smallest absolute Gasteiger partial charge is 0.350 e. The normalized spacial score (nSPS) is 23.1. The van der Waals surface area contributed by atoms with Crippen molar-refractivity contribution in [3.8, 4) is 0 Å². The zero-order valence-corrected chi connectivity index (χ0v) is 10.7. The van der Waals surface area contributed by atoms with Crippen molar-refractivity contribution in [2.24, 2.45) is 0 Å². The van der Waals surface area contributed by atoms with Crippen LogP contribution in [0.4, 0.5) is 19.0 Å². The topological polar surface area (TPSA) is 45.2 Å². The molecule has 0 amide bonds. The van der Waals surface area contributed by atoms with Crippen molar-refractivity contribution in [1.82, 2.24) is 10.3 Å².